The molecule has 13 aromatic carbocycles. The molecule has 0 aliphatic heterocycles. The van der Waals surface area contributed by atoms with Gasteiger partial charge in [-0.25, -0.2) is 19.2 Å². The summed E-state index contributed by atoms with van der Waals surface area (Å²) in [7, 11) is 0. The Hall–Kier alpha value is -12.4. The first-order chi connectivity index (χ1) is 49.5. The molecule has 1 heterocycles. The smallest absolute Gasteiger partial charge is 0.339 e. The van der Waals surface area contributed by atoms with Crippen molar-refractivity contribution in [2.75, 3.05) is 18.0 Å². The Morgan fingerprint density at radius 3 is 1.30 bits per heavy atom. The maximum absolute atomic E-state index is 11.7. The second-order valence-electron chi connectivity index (χ2n) is 24.2. The Kier molecular flexibility index (Phi) is 22.9. The predicted molar refractivity (Wildman–Crippen MR) is 406 cm³/mol. The zero-order valence-electron chi connectivity index (χ0n) is 57.0. The maximum Gasteiger partial charge on any atom is 0.339 e. The molecule has 0 radical (unpaired) electrons. The van der Waals surface area contributed by atoms with E-state index >= 15 is 0 Å². The first kappa shape index (κ1) is 70.9. The minimum Gasteiger partial charge on any atom is -0.488 e. The lowest BCUT2D eigenvalue weighted by molar-refractivity contribution is 0.0680. The average molecular weight is 1380 g/mol. The molecule has 4 N–H and O–H groups in total. The van der Waals surface area contributed by atoms with Crippen molar-refractivity contribution in [2.24, 2.45) is 0 Å². The summed E-state index contributed by atoms with van der Waals surface area (Å²) >= 11 is 6.14. The highest BCUT2D eigenvalue weighted by Gasteiger charge is 2.19. The van der Waals surface area contributed by atoms with E-state index in [4.69, 9.17) is 30.5 Å². The van der Waals surface area contributed by atoms with Gasteiger partial charge in [0, 0.05) is 53.0 Å². The normalized spacial score (nSPS) is 10.8. The number of aromatic nitrogens is 1. The van der Waals surface area contributed by atoms with Crippen LogP contribution >= 0.6 is 11.6 Å². The van der Waals surface area contributed by atoms with Crippen LogP contribution in [0.15, 0.2) is 267 Å². The number of fused-ring (bicyclic) bond motifs is 5. The summed E-state index contributed by atoms with van der Waals surface area (Å²) in [6.45, 7) is 13.1. The molecule has 1 aromatic heterocycles. The first-order valence-electron chi connectivity index (χ1n) is 33.3. The second-order valence-corrected chi connectivity index (χ2v) is 24.6. The molecule has 0 saturated carbocycles. The number of anilines is 1. The highest BCUT2D eigenvalue weighted by Crippen LogP contribution is 2.33. The number of carbonyl (C=O) groups is 4. The molecule has 0 aliphatic rings. The number of ether oxygens (including phenoxy) is 4. The number of aryl methyl sites for hydroxylation is 3. The molecule has 0 saturated heterocycles. The van der Waals surface area contributed by atoms with Crippen molar-refractivity contribution in [3.05, 3.63) is 333 Å². The van der Waals surface area contributed by atoms with Crippen molar-refractivity contribution in [3.63, 3.8) is 0 Å². The van der Waals surface area contributed by atoms with Crippen molar-refractivity contribution < 1.29 is 58.6 Å². The summed E-state index contributed by atoms with van der Waals surface area (Å²) in [4.78, 5) is 48.3. The fourth-order valence-electron chi connectivity index (χ4n) is 12.4. The van der Waals surface area contributed by atoms with Gasteiger partial charge in [0.15, 0.2) is 0 Å². The number of aromatic carboxylic acids is 4. The Morgan fingerprint density at radius 2 is 0.755 bits per heavy atom. The monoisotopic (exact) mass is 1370 g/mol. The zero-order valence-corrected chi connectivity index (χ0v) is 57.7. The topological polar surface area (TPSA) is 194 Å². The van der Waals surface area contributed by atoms with Gasteiger partial charge in [-0.1, -0.05) is 194 Å². The lowest BCUT2D eigenvalue weighted by atomic mass is 10.0. The van der Waals surface area contributed by atoms with E-state index in [-0.39, 0.29) is 28.9 Å². The molecule has 0 atom stereocenters. The van der Waals surface area contributed by atoms with E-state index in [0.29, 0.717) is 47.8 Å². The third kappa shape index (κ3) is 16.8. The van der Waals surface area contributed by atoms with E-state index in [9.17, 15) is 39.6 Å². The first-order valence-corrected chi connectivity index (χ1v) is 33.7. The van der Waals surface area contributed by atoms with Crippen LogP contribution in [0.2, 0.25) is 5.02 Å². The van der Waals surface area contributed by atoms with Crippen LogP contribution in [0.25, 0.3) is 59.5 Å². The van der Waals surface area contributed by atoms with Gasteiger partial charge >= 0.3 is 23.9 Å². The van der Waals surface area contributed by atoms with Crippen LogP contribution in [-0.2, 0) is 26.4 Å². The summed E-state index contributed by atoms with van der Waals surface area (Å²) in [5.74, 6) is -2.46. The number of halogens is 1. The Balaban J connectivity index is 0.000000137. The van der Waals surface area contributed by atoms with Crippen LogP contribution < -0.4 is 23.8 Å². The predicted octanol–water partition coefficient (Wildman–Crippen LogP) is 20.8. The lowest BCUT2D eigenvalue weighted by Crippen LogP contribution is -2.22. The van der Waals surface area contributed by atoms with E-state index in [1.54, 1.807) is 60.7 Å². The molecular weight excluding hydrogens is 1300 g/mol. The van der Waals surface area contributed by atoms with E-state index in [0.717, 1.165) is 107 Å². The SMILES string of the molecule is CCN(CC)c1ccc(C(=O)O)c(OCc2cccc3ccc(Cl)cc23)c1.Cc1ccc(C)n1-c1ccc(C(=O)O)c(OCc2cccc3ccccc23)c1.Cc1ccc(COc2ccccc2C(=O)O)c2ccccc12.O=C(O)c1cc2ccccc2cc1OCc1cccc2ccccc12. The molecule has 512 valence electrons. The maximum atomic E-state index is 11.7. The van der Waals surface area contributed by atoms with Gasteiger partial charge in [0.1, 0.15) is 71.7 Å². The van der Waals surface area contributed by atoms with Gasteiger partial charge in [0.25, 0.3) is 0 Å². The van der Waals surface area contributed by atoms with Crippen molar-refractivity contribution >= 4 is 95.0 Å². The molecule has 14 rings (SSSR count). The number of para-hydroxylation sites is 1. The summed E-state index contributed by atoms with van der Waals surface area (Å²) in [6.07, 6.45) is 0. The van der Waals surface area contributed by atoms with Crippen LogP contribution in [0.5, 0.6) is 23.0 Å². The van der Waals surface area contributed by atoms with Crippen molar-refractivity contribution in [3.8, 4) is 28.7 Å². The van der Waals surface area contributed by atoms with Gasteiger partial charge < -0.3 is 48.8 Å². The van der Waals surface area contributed by atoms with Crippen LogP contribution in [0.3, 0.4) is 0 Å². The summed E-state index contributed by atoms with van der Waals surface area (Å²) in [5, 5.41) is 49.2. The molecular formula is C87H75ClN2O12. The number of nitrogens with zero attached hydrogens (tertiary/aromatic N) is 2. The largest absolute Gasteiger partial charge is 0.488 e. The number of carboxylic acid groups (broad SMARTS) is 4. The van der Waals surface area contributed by atoms with Crippen molar-refractivity contribution in [1.82, 2.24) is 4.57 Å². The second kappa shape index (κ2) is 33.0. The minimum atomic E-state index is -1.00. The molecule has 15 heteroatoms. The van der Waals surface area contributed by atoms with E-state index in [1.807, 2.05) is 172 Å². The summed E-state index contributed by atoms with van der Waals surface area (Å²) in [5.41, 5.74) is 9.94. The van der Waals surface area contributed by atoms with E-state index in [2.05, 4.69) is 78.8 Å². The third-order valence-electron chi connectivity index (χ3n) is 17.7. The lowest BCUT2D eigenvalue weighted by Gasteiger charge is -2.22. The fourth-order valence-corrected chi connectivity index (χ4v) is 12.6. The van der Waals surface area contributed by atoms with Gasteiger partial charge in [-0.15, -0.1) is 0 Å². The number of carboxylic acids is 4. The number of hydrogen-bond donors (Lipinski definition) is 4. The molecule has 14 nitrogen and oxygen atoms in total. The summed E-state index contributed by atoms with van der Waals surface area (Å²) in [6, 6.07) is 84.5. The molecule has 14 aromatic rings. The van der Waals surface area contributed by atoms with Crippen LogP contribution in [0.4, 0.5) is 5.69 Å². The van der Waals surface area contributed by atoms with Crippen LogP contribution in [0.1, 0.15) is 94.5 Å². The molecule has 0 fully saturated rings. The van der Waals surface area contributed by atoms with Gasteiger partial charge in [-0.2, -0.15) is 0 Å². The number of benzene rings is 13. The van der Waals surface area contributed by atoms with E-state index < -0.39 is 23.9 Å². The van der Waals surface area contributed by atoms with Crippen molar-refractivity contribution in [2.45, 2.75) is 61.0 Å². The Morgan fingerprint density at radius 1 is 0.343 bits per heavy atom. The fraction of sp³-hybridized carbons (Fsp3) is 0.126. The van der Waals surface area contributed by atoms with Gasteiger partial charge in [-0.3, -0.25) is 0 Å². The average Bonchev–Trinajstić information content (AvgIpc) is 1.36. The quantitative estimate of drug-likeness (QED) is 0.0563. The minimum absolute atomic E-state index is 0.157. The molecule has 0 bridgehead atoms. The highest BCUT2D eigenvalue weighted by atomic mass is 35.5. The number of hydrogen-bond acceptors (Lipinski definition) is 9. The van der Waals surface area contributed by atoms with Gasteiger partial charge in [-0.05, 0) is 189 Å². The molecule has 0 unspecified atom stereocenters. The standard InChI is InChI=1S/C24H21NO3.C22H22ClNO3.C22H16O3.C19H16O3/c1-16-10-11-17(2)25(16)20-12-13-22(24(26)27)23(14-20)28-15-19-8-5-7-18-6-3-4-9-21(18)19;1-3-24(4-2)18-10-11-19(22(25)26)21(13-18)27-14-16-7-5-6-15-8-9-17(23)12-20(15)16;23-22(24)20-12-16-7-1-2-8-17(16)13-21(20)25-14-18-10-5-9-15-6-3-4-11-19(15)18;1-13-10-11-14(16-7-3-2-6-15(13)16)12-22-18-9-5-4-8-17(18)19(20)21/h3-14H,15H2,1-2H3,(H,26,27);5-13H,3-4,14H2,1-2H3,(H,25,26);1-13H,14H2,(H,23,24);2-11H,12H2,1H3,(H,20,21). The highest BCUT2D eigenvalue weighted by molar-refractivity contribution is 6.31. The molecule has 0 amide bonds. The van der Waals surface area contributed by atoms with Gasteiger partial charge in [0.2, 0.25) is 0 Å². The number of rotatable bonds is 20. The third-order valence-corrected chi connectivity index (χ3v) is 17.9. The Labute approximate surface area is 596 Å². The zero-order chi connectivity index (χ0) is 71.8. The van der Waals surface area contributed by atoms with Crippen LogP contribution in [-0.4, -0.2) is 62.0 Å². The van der Waals surface area contributed by atoms with Crippen LogP contribution in [0, 0.1) is 20.8 Å². The molecule has 0 spiro atoms. The molecule has 0 aliphatic carbocycles. The van der Waals surface area contributed by atoms with Gasteiger partial charge in [0.05, 0.1) is 0 Å². The van der Waals surface area contributed by atoms with Crippen molar-refractivity contribution in [1.29, 1.82) is 0 Å². The molecule has 102 heavy (non-hydrogen) atoms. The van der Waals surface area contributed by atoms with E-state index in [1.165, 1.54) is 10.9 Å². The summed E-state index contributed by atoms with van der Waals surface area (Å²) < 4.78 is 25.7. The Bertz CT molecular complexity index is 5360.